The number of benzene rings is 4. The van der Waals surface area contributed by atoms with Crippen molar-refractivity contribution in [3.63, 3.8) is 0 Å². The molecule has 2 heterocycles. The smallest absolute Gasteiger partial charge is 0.308 e. The molecule has 2 atom stereocenters. The van der Waals surface area contributed by atoms with E-state index in [2.05, 4.69) is 0 Å². The third-order valence-electron chi connectivity index (χ3n) is 7.08. The van der Waals surface area contributed by atoms with E-state index in [4.69, 9.17) is 28.4 Å². The molecule has 0 saturated carbocycles. The fourth-order valence-corrected chi connectivity index (χ4v) is 5.41. The third-order valence-corrected chi connectivity index (χ3v) is 7.08. The van der Waals surface area contributed by atoms with Crippen LogP contribution in [0.3, 0.4) is 0 Å². The highest BCUT2D eigenvalue weighted by Gasteiger charge is 2.46. The van der Waals surface area contributed by atoms with E-state index in [1.54, 1.807) is 18.2 Å². The molecule has 4 aromatic carbocycles. The highest BCUT2D eigenvalue weighted by Crippen LogP contribution is 2.50. The van der Waals surface area contributed by atoms with Crippen molar-refractivity contribution in [3.8, 4) is 28.7 Å². The summed E-state index contributed by atoms with van der Waals surface area (Å²) in [5.74, 6) is -1.19. The first-order valence-electron chi connectivity index (χ1n) is 13.7. The molecule has 0 spiro atoms. The van der Waals surface area contributed by atoms with E-state index in [1.165, 1.54) is 26.8 Å². The zero-order valence-corrected chi connectivity index (χ0v) is 23.7. The van der Waals surface area contributed by atoms with Crippen LogP contribution in [0.25, 0.3) is 0 Å². The van der Waals surface area contributed by atoms with Gasteiger partial charge in [-0.25, -0.2) is 0 Å². The highest BCUT2D eigenvalue weighted by atomic mass is 16.7. The minimum absolute atomic E-state index is 0.147. The van der Waals surface area contributed by atoms with Crippen molar-refractivity contribution >= 4 is 17.9 Å². The molecule has 0 N–H and O–H groups in total. The fraction of sp³-hybridized carbons (Fsp3) is 0.206. The largest absolute Gasteiger partial charge is 0.481 e. The van der Waals surface area contributed by atoms with Gasteiger partial charge in [0.2, 0.25) is 0 Å². The number of hydrogen-bond donors (Lipinski definition) is 0. The van der Waals surface area contributed by atoms with Crippen LogP contribution in [0.15, 0.2) is 91.0 Å². The van der Waals surface area contributed by atoms with Gasteiger partial charge >= 0.3 is 23.7 Å². The molecule has 0 amide bonds. The molecule has 218 valence electrons. The molecule has 2 aliphatic rings. The summed E-state index contributed by atoms with van der Waals surface area (Å²) in [5.41, 5.74) is 2.79. The summed E-state index contributed by atoms with van der Waals surface area (Å²) in [7, 11) is 0. The van der Waals surface area contributed by atoms with Gasteiger partial charge in [-0.1, -0.05) is 66.7 Å². The van der Waals surface area contributed by atoms with Crippen molar-refractivity contribution in [3.05, 3.63) is 113 Å². The first kappa shape index (κ1) is 27.8. The van der Waals surface area contributed by atoms with Crippen LogP contribution in [0.1, 0.15) is 49.1 Å². The Kier molecular flexibility index (Phi) is 7.23. The zero-order chi connectivity index (χ0) is 30.1. The number of esters is 3. The van der Waals surface area contributed by atoms with Crippen LogP contribution in [0.5, 0.6) is 28.7 Å². The van der Waals surface area contributed by atoms with E-state index in [9.17, 15) is 14.4 Å². The van der Waals surface area contributed by atoms with Crippen molar-refractivity contribution in [1.82, 2.24) is 0 Å². The molecule has 9 heteroatoms. The SMILES string of the molecule is CC(=O)Oc1cc(OC(C)=O)c2c(c1)O[C@H](c1ccc3c(c1)OC(c1ccccc1)(c1ccccc1)O3)[C@@H](OC(C)=O)C2. The van der Waals surface area contributed by atoms with E-state index < -0.39 is 35.9 Å². The molecule has 6 rings (SSSR count). The van der Waals surface area contributed by atoms with E-state index in [0.717, 1.165) is 11.1 Å². The van der Waals surface area contributed by atoms with Crippen LogP contribution in [-0.2, 0) is 31.3 Å². The van der Waals surface area contributed by atoms with E-state index in [-0.39, 0.29) is 17.9 Å². The Bertz CT molecular complexity index is 1660. The Labute approximate surface area is 247 Å². The van der Waals surface area contributed by atoms with Gasteiger partial charge in [0.25, 0.3) is 0 Å². The van der Waals surface area contributed by atoms with Crippen molar-refractivity contribution in [1.29, 1.82) is 0 Å². The summed E-state index contributed by atoms with van der Waals surface area (Å²) >= 11 is 0. The fourth-order valence-electron chi connectivity index (χ4n) is 5.41. The Morgan fingerprint density at radius 2 is 1.33 bits per heavy atom. The lowest BCUT2D eigenvalue weighted by Crippen LogP contribution is -2.36. The minimum atomic E-state index is -1.21. The normalized spacial score (nSPS) is 17.7. The lowest BCUT2D eigenvalue weighted by atomic mass is 9.93. The number of fused-ring (bicyclic) bond motifs is 2. The third kappa shape index (κ3) is 5.49. The van der Waals surface area contributed by atoms with Crippen LogP contribution >= 0.6 is 0 Å². The molecule has 0 fully saturated rings. The molecule has 0 saturated heterocycles. The monoisotopic (exact) mass is 580 g/mol. The quantitative estimate of drug-likeness (QED) is 0.206. The Hall–Kier alpha value is -5.31. The van der Waals surface area contributed by atoms with Crippen LogP contribution in [-0.4, -0.2) is 24.0 Å². The van der Waals surface area contributed by atoms with Gasteiger partial charge in [0.15, 0.2) is 17.6 Å². The highest BCUT2D eigenvalue weighted by molar-refractivity contribution is 5.73. The van der Waals surface area contributed by atoms with Crippen LogP contribution in [0, 0.1) is 0 Å². The average molecular weight is 581 g/mol. The molecule has 0 bridgehead atoms. The topological polar surface area (TPSA) is 107 Å². The number of carbonyl (C=O) groups excluding carboxylic acids is 3. The summed E-state index contributed by atoms with van der Waals surface area (Å²) < 4.78 is 35.9. The molecular weight excluding hydrogens is 552 g/mol. The molecular formula is C34H28O9. The lowest BCUT2D eigenvalue weighted by molar-refractivity contribution is -0.152. The van der Waals surface area contributed by atoms with Crippen molar-refractivity contribution < 1.29 is 42.8 Å². The minimum Gasteiger partial charge on any atom is -0.481 e. The van der Waals surface area contributed by atoms with Crippen molar-refractivity contribution in [2.24, 2.45) is 0 Å². The molecule has 4 aromatic rings. The molecule has 0 unspecified atom stereocenters. The first-order valence-corrected chi connectivity index (χ1v) is 13.7. The first-order chi connectivity index (χ1) is 20.7. The average Bonchev–Trinajstić information content (AvgIpc) is 3.37. The van der Waals surface area contributed by atoms with E-state index >= 15 is 0 Å². The number of hydrogen-bond acceptors (Lipinski definition) is 9. The Morgan fingerprint density at radius 1 is 0.698 bits per heavy atom. The van der Waals surface area contributed by atoms with Gasteiger partial charge in [-0.3, -0.25) is 14.4 Å². The van der Waals surface area contributed by atoms with Gasteiger partial charge in [-0.2, -0.15) is 0 Å². The van der Waals surface area contributed by atoms with Crippen LogP contribution < -0.4 is 23.7 Å². The summed E-state index contributed by atoms with van der Waals surface area (Å²) in [6, 6.07) is 27.7. The van der Waals surface area contributed by atoms with Gasteiger partial charge in [-0.05, 0) is 12.1 Å². The molecule has 2 aliphatic heterocycles. The Balaban J connectivity index is 1.40. The van der Waals surface area contributed by atoms with Crippen molar-refractivity contribution in [2.75, 3.05) is 0 Å². The lowest BCUT2D eigenvalue weighted by Gasteiger charge is -2.34. The molecule has 0 aromatic heterocycles. The molecule has 9 nitrogen and oxygen atoms in total. The second kappa shape index (κ2) is 11.2. The van der Waals surface area contributed by atoms with Gasteiger partial charge in [0, 0.05) is 61.6 Å². The van der Waals surface area contributed by atoms with E-state index in [1.807, 2.05) is 66.7 Å². The predicted octanol–water partition coefficient (Wildman–Crippen LogP) is 5.82. The standard InChI is InChI=1S/C34H28O9/c1-20(35)38-26-17-29(39-21(2)36)27-19-32(40-22(3)37)33(41-30(27)18-26)23-14-15-28-31(16-23)43-34(42-28,24-10-6-4-7-11-24)25-12-8-5-9-13-25/h4-18,32-33H,19H2,1-3H3/t32-,33+/m0/s1. The Morgan fingerprint density at radius 3 is 1.93 bits per heavy atom. The maximum absolute atomic E-state index is 12.2. The molecule has 0 aliphatic carbocycles. The van der Waals surface area contributed by atoms with E-state index in [0.29, 0.717) is 28.4 Å². The van der Waals surface area contributed by atoms with Crippen LogP contribution in [0.2, 0.25) is 0 Å². The zero-order valence-electron chi connectivity index (χ0n) is 23.7. The molecule has 0 radical (unpaired) electrons. The van der Waals surface area contributed by atoms with Gasteiger partial charge in [-0.15, -0.1) is 0 Å². The maximum Gasteiger partial charge on any atom is 0.308 e. The van der Waals surface area contributed by atoms with Gasteiger partial charge < -0.3 is 28.4 Å². The summed E-state index contributed by atoms with van der Waals surface area (Å²) in [6.45, 7) is 3.85. The maximum atomic E-state index is 12.2. The number of ether oxygens (including phenoxy) is 6. The van der Waals surface area contributed by atoms with Gasteiger partial charge in [0.1, 0.15) is 23.4 Å². The summed E-state index contributed by atoms with van der Waals surface area (Å²) in [6.07, 6.45) is -1.37. The molecule has 43 heavy (non-hydrogen) atoms. The van der Waals surface area contributed by atoms with Crippen molar-refractivity contribution in [2.45, 2.75) is 45.2 Å². The second-order valence-corrected chi connectivity index (χ2v) is 10.2. The van der Waals surface area contributed by atoms with Crippen LogP contribution in [0.4, 0.5) is 0 Å². The number of rotatable bonds is 6. The second-order valence-electron chi connectivity index (χ2n) is 10.2. The van der Waals surface area contributed by atoms with Gasteiger partial charge in [0.05, 0.1) is 0 Å². The predicted molar refractivity (Wildman–Crippen MR) is 153 cm³/mol. The summed E-state index contributed by atoms with van der Waals surface area (Å²) in [4.78, 5) is 35.7. The summed E-state index contributed by atoms with van der Waals surface area (Å²) in [5, 5.41) is 0. The number of carbonyl (C=O) groups is 3.